The topological polar surface area (TPSA) is 45.8 Å². The maximum absolute atomic E-state index is 12.4. The molecule has 0 bridgehead atoms. The standard InChI is InChI=1S/C16H13ClN2O/c1-10-2-4-11(5-3-10)8-14(20)12-9-19-16-15(12)13(17)6-7-18-16/h2-7,9H,8H2,1H3,(H,18,19). The molecular weight excluding hydrogens is 272 g/mol. The number of benzene rings is 1. The second-order valence-electron chi connectivity index (χ2n) is 4.80. The van der Waals surface area contributed by atoms with Crippen molar-refractivity contribution in [1.29, 1.82) is 0 Å². The Balaban J connectivity index is 1.95. The Morgan fingerprint density at radius 2 is 2.00 bits per heavy atom. The summed E-state index contributed by atoms with van der Waals surface area (Å²) in [5.74, 6) is 0.0370. The van der Waals surface area contributed by atoms with Crippen LogP contribution in [0, 0.1) is 6.92 Å². The predicted molar refractivity (Wildman–Crippen MR) is 80.3 cm³/mol. The lowest BCUT2D eigenvalue weighted by atomic mass is 10.0. The van der Waals surface area contributed by atoms with E-state index in [4.69, 9.17) is 11.6 Å². The summed E-state index contributed by atoms with van der Waals surface area (Å²) in [7, 11) is 0. The zero-order chi connectivity index (χ0) is 14.1. The van der Waals surface area contributed by atoms with Crippen molar-refractivity contribution >= 4 is 28.4 Å². The number of pyridine rings is 1. The van der Waals surface area contributed by atoms with Gasteiger partial charge in [0.25, 0.3) is 0 Å². The zero-order valence-corrected chi connectivity index (χ0v) is 11.7. The van der Waals surface area contributed by atoms with E-state index in [9.17, 15) is 4.79 Å². The number of Topliss-reactive ketones (excluding diaryl/α,β-unsaturated/α-hetero) is 1. The highest BCUT2D eigenvalue weighted by molar-refractivity contribution is 6.36. The number of aryl methyl sites for hydroxylation is 1. The van der Waals surface area contributed by atoms with Crippen LogP contribution in [0.4, 0.5) is 0 Å². The molecule has 100 valence electrons. The molecule has 0 aliphatic carbocycles. The molecule has 0 amide bonds. The third-order valence-corrected chi connectivity index (χ3v) is 3.62. The number of H-pyrrole nitrogens is 1. The number of aromatic amines is 1. The number of rotatable bonds is 3. The van der Waals surface area contributed by atoms with Crippen LogP contribution in [-0.4, -0.2) is 15.8 Å². The summed E-state index contributed by atoms with van der Waals surface area (Å²) < 4.78 is 0. The maximum Gasteiger partial charge on any atom is 0.169 e. The van der Waals surface area contributed by atoms with E-state index < -0.39 is 0 Å². The number of carbonyl (C=O) groups excluding carboxylic acids is 1. The molecule has 0 saturated heterocycles. The Kier molecular flexibility index (Phi) is 3.28. The van der Waals surface area contributed by atoms with Gasteiger partial charge in [-0.25, -0.2) is 4.98 Å². The summed E-state index contributed by atoms with van der Waals surface area (Å²) in [6, 6.07) is 9.66. The fraction of sp³-hybridized carbons (Fsp3) is 0.125. The van der Waals surface area contributed by atoms with Crippen molar-refractivity contribution < 1.29 is 4.79 Å². The van der Waals surface area contributed by atoms with Gasteiger partial charge < -0.3 is 4.98 Å². The number of ketones is 1. The number of nitrogens with one attached hydrogen (secondary N) is 1. The summed E-state index contributed by atoms with van der Waals surface area (Å²) in [6.07, 6.45) is 3.66. The Morgan fingerprint density at radius 3 is 2.75 bits per heavy atom. The van der Waals surface area contributed by atoms with Crippen LogP contribution in [0.15, 0.2) is 42.7 Å². The molecule has 0 atom stereocenters. The van der Waals surface area contributed by atoms with Gasteiger partial charge in [0.2, 0.25) is 0 Å². The maximum atomic E-state index is 12.4. The van der Waals surface area contributed by atoms with E-state index in [1.165, 1.54) is 5.56 Å². The Labute approximate surface area is 121 Å². The molecule has 0 unspecified atom stereocenters. The highest BCUT2D eigenvalue weighted by Gasteiger charge is 2.15. The lowest BCUT2D eigenvalue weighted by Crippen LogP contribution is -2.03. The van der Waals surface area contributed by atoms with E-state index in [0.29, 0.717) is 28.0 Å². The quantitative estimate of drug-likeness (QED) is 0.740. The van der Waals surface area contributed by atoms with Gasteiger partial charge in [-0.15, -0.1) is 0 Å². The lowest BCUT2D eigenvalue weighted by Gasteiger charge is -2.02. The lowest BCUT2D eigenvalue weighted by molar-refractivity contribution is 0.0994. The number of halogens is 1. The van der Waals surface area contributed by atoms with Crippen LogP contribution in [0.3, 0.4) is 0 Å². The average Bonchev–Trinajstić information content (AvgIpc) is 2.87. The largest absolute Gasteiger partial charge is 0.345 e. The van der Waals surface area contributed by atoms with Gasteiger partial charge in [-0.2, -0.15) is 0 Å². The van der Waals surface area contributed by atoms with Crippen molar-refractivity contribution in [3.05, 3.63) is 64.4 Å². The molecule has 1 N–H and O–H groups in total. The van der Waals surface area contributed by atoms with Crippen molar-refractivity contribution in [1.82, 2.24) is 9.97 Å². The van der Waals surface area contributed by atoms with Gasteiger partial charge in [-0.3, -0.25) is 4.79 Å². The van der Waals surface area contributed by atoms with Crippen LogP contribution in [0.25, 0.3) is 11.0 Å². The summed E-state index contributed by atoms with van der Waals surface area (Å²) in [4.78, 5) is 19.6. The fourth-order valence-electron chi connectivity index (χ4n) is 2.22. The number of hydrogen-bond acceptors (Lipinski definition) is 2. The van der Waals surface area contributed by atoms with E-state index in [1.807, 2.05) is 31.2 Å². The molecule has 20 heavy (non-hydrogen) atoms. The summed E-state index contributed by atoms with van der Waals surface area (Å²) in [5.41, 5.74) is 3.42. The molecule has 3 nitrogen and oxygen atoms in total. The minimum absolute atomic E-state index is 0.0370. The smallest absolute Gasteiger partial charge is 0.169 e. The Bertz CT molecular complexity index is 775. The molecule has 0 aliphatic heterocycles. The summed E-state index contributed by atoms with van der Waals surface area (Å²) >= 11 is 6.16. The molecule has 2 heterocycles. The van der Waals surface area contributed by atoms with Crippen molar-refractivity contribution in [2.24, 2.45) is 0 Å². The monoisotopic (exact) mass is 284 g/mol. The number of carbonyl (C=O) groups is 1. The number of nitrogens with zero attached hydrogens (tertiary/aromatic N) is 1. The summed E-state index contributed by atoms with van der Waals surface area (Å²) in [6.45, 7) is 2.02. The van der Waals surface area contributed by atoms with E-state index in [-0.39, 0.29) is 5.78 Å². The number of fused-ring (bicyclic) bond motifs is 1. The number of aromatic nitrogens is 2. The predicted octanol–water partition coefficient (Wildman–Crippen LogP) is 3.95. The first-order valence-corrected chi connectivity index (χ1v) is 6.73. The van der Waals surface area contributed by atoms with E-state index in [1.54, 1.807) is 18.5 Å². The molecule has 1 aromatic carbocycles. The molecule has 4 heteroatoms. The summed E-state index contributed by atoms with van der Waals surface area (Å²) in [5, 5.41) is 1.25. The van der Waals surface area contributed by atoms with Crippen molar-refractivity contribution in [3.63, 3.8) is 0 Å². The van der Waals surface area contributed by atoms with E-state index in [0.717, 1.165) is 5.56 Å². The van der Waals surface area contributed by atoms with Crippen LogP contribution in [0.1, 0.15) is 21.5 Å². The van der Waals surface area contributed by atoms with Crippen LogP contribution < -0.4 is 0 Å². The highest BCUT2D eigenvalue weighted by atomic mass is 35.5. The minimum atomic E-state index is 0.0370. The van der Waals surface area contributed by atoms with Crippen molar-refractivity contribution in [2.75, 3.05) is 0 Å². The Morgan fingerprint density at radius 1 is 1.25 bits per heavy atom. The van der Waals surface area contributed by atoms with Crippen molar-refractivity contribution in [3.8, 4) is 0 Å². The van der Waals surface area contributed by atoms with Crippen LogP contribution in [0.5, 0.6) is 0 Å². The second kappa shape index (κ2) is 5.10. The Hall–Kier alpha value is -2.13. The third kappa shape index (κ3) is 2.32. The molecular formula is C16H13ClN2O. The molecule has 0 radical (unpaired) electrons. The van der Waals surface area contributed by atoms with E-state index >= 15 is 0 Å². The third-order valence-electron chi connectivity index (χ3n) is 3.31. The van der Waals surface area contributed by atoms with E-state index in [2.05, 4.69) is 9.97 Å². The average molecular weight is 285 g/mol. The van der Waals surface area contributed by atoms with Crippen LogP contribution >= 0.6 is 11.6 Å². The molecule has 0 aliphatic rings. The normalized spacial score (nSPS) is 10.9. The van der Waals surface area contributed by atoms with Gasteiger partial charge in [0.15, 0.2) is 5.78 Å². The molecule has 0 spiro atoms. The van der Waals surface area contributed by atoms with Gasteiger partial charge in [-0.1, -0.05) is 41.4 Å². The first-order valence-electron chi connectivity index (χ1n) is 6.35. The molecule has 0 fully saturated rings. The van der Waals surface area contributed by atoms with Gasteiger partial charge in [-0.05, 0) is 18.6 Å². The zero-order valence-electron chi connectivity index (χ0n) is 11.0. The van der Waals surface area contributed by atoms with Gasteiger partial charge in [0.05, 0.1) is 5.02 Å². The first-order chi connectivity index (χ1) is 9.65. The van der Waals surface area contributed by atoms with Crippen molar-refractivity contribution in [2.45, 2.75) is 13.3 Å². The highest BCUT2D eigenvalue weighted by Crippen LogP contribution is 2.26. The fourth-order valence-corrected chi connectivity index (χ4v) is 2.47. The number of hydrogen-bond donors (Lipinski definition) is 1. The molecule has 0 saturated carbocycles. The SMILES string of the molecule is Cc1ccc(CC(=O)c2c[nH]c3nccc(Cl)c23)cc1. The van der Waals surface area contributed by atoms with Gasteiger partial charge in [0.1, 0.15) is 5.65 Å². The first kappa shape index (κ1) is 12.9. The van der Waals surface area contributed by atoms with Gasteiger partial charge >= 0.3 is 0 Å². The molecule has 2 aromatic heterocycles. The van der Waals surface area contributed by atoms with Gasteiger partial charge in [0, 0.05) is 29.8 Å². The second-order valence-corrected chi connectivity index (χ2v) is 5.21. The minimum Gasteiger partial charge on any atom is -0.345 e. The molecule has 3 rings (SSSR count). The van der Waals surface area contributed by atoms with Crippen LogP contribution in [0.2, 0.25) is 5.02 Å². The van der Waals surface area contributed by atoms with Crippen LogP contribution in [-0.2, 0) is 6.42 Å². The molecule has 3 aromatic rings.